The fraction of sp³-hybridized carbons (Fsp3) is 0.190. The van der Waals surface area contributed by atoms with Gasteiger partial charge in [-0.25, -0.2) is 14.4 Å². The lowest BCUT2D eigenvalue weighted by Crippen LogP contribution is -2.24. The largest absolute Gasteiger partial charge is 0.475 e. The van der Waals surface area contributed by atoms with Crippen molar-refractivity contribution < 1.29 is 18.7 Å². The SMILES string of the molecule is COCCOc1ncccc1CNC(=O)c1cccnc1Nc1ccccc1F. The Bertz CT molecular complexity index is 968. The Balaban J connectivity index is 1.70. The number of aromatic nitrogens is 2. The highest BCUT2D eigenvalue weighted by Crippen LogP contribution is 2.21. The van der Waals surface area contributed by atoms with Crippen LogP contribution in [0.1, 0.15) is 15.9 Å². The van der Waals surface area contributed by atoms with Crippen molar-refractivity contribution in [1.82, 2.24) is 15.3 Å². The van der Waals surface area contributed by atoms with Gasteiger partial charge in [-0.15, -0.1) is 0 Å². The molecule has 0 radical (unpaired) electrons. The molecule has 0 spiro atoms. The highest BCUT2D eigenvalue weighted by Gasteiger charge is 2.14. The summed E-state index contributed by atoms with van der Waals surface area (Å²) in [7, 11) is 1.59. The van der Waals surface area contributed by atoms with E-state index in [9.17, 15) is 9.18 Å². The maximum atomic E-state index is 13.9. The van der Waals surface area contributed by atoms with E-state index in [1.807, 2.05) is 6.07 Å². The molecule has 1 amide bonds. The van der Waals surface area contributed by atoms with Crippen LogP contribution in [0.2, 0.25) is 0 Å². The average Bonchev–Trinajstić information content (AvgIpc) is 2.75. The normalized spacial score (nSPS) is 10.4. The molecule has 2 aromatic heterocycles. The molecule has 0 saturated carbocycles. The van der Waals surface area contributed by atoms with Gasteiger partial charge in [0.2, 0.25) is 5.88 Å². The molecule has 3 aromatic rings. The first kappa shape index (κ1) is 20.2. The molecule has 2 heterocycles. The number of halogens is 1. The molecule has 0 bridgehead atoms. The molecule has 0 saturated heterocycles. The molecule has 0 aliphatic carbocycles. The Morgan fingerprint density at radius 1 is 1.03 bits per heavy atom. The molecule has 0 atom stereocenters. The van der Waals surface area contributed by atoms with E-state index in [1.54, 1.807) is 49.7 Å². The Morgan fingerprint density at radius 2 is 1.83 bits per heavy atom. The van der Waals surface area contributed by atoms with Crippen molar-refractivity contribution in [3.63, 3.8) is 0 Å². The van der Waals surface area contributed by atoms with Gasteiger partial charge in [0.15, 0.2) is 0 Å². The van der Waals surface area contributed by atoms with Crippen LogP contribution in [0.4, 0.5) is 15.9 Å². The summed E-state index contributed by atoms with van der Waals surface area (Å²) in [6.45, 7) is 1.000. The number of amides is 1. The van der Waals surface area contributed by atoms with E-state index in [4.69, 9.17) is 9.47 Å². The number of hydrogen-bond acceptors (Lipinski definition) is 6. The molecule has 29 heavy (non-hydrogen) atoms. The second-order valence-electron chi connectivity index (χ2n) is 6.00. The van der Waals surface area contributed by atoms with Crippen LogP contribution in [0, 0.1) is 5.82 Å². The molecular weight excluding hydrogens is 375 g/mol. The lowest BCUT2D eigenvalue weighted by atomic mass is 10.2. The predicted octanol–water partition coefficient (Wildman–Crippen LogP) is 3.31. The number of ether oxygens (including phenoxy) is 2. The van der Waals surface area contributed by atoms with E-state index < -0.39 is 5.82 Å². The van der Waals surface area contributed by atoms with Gasteiger partial charge in [-0.05, 0) is 30.3 Å². The second-order valence-corrected chi connectivity index (χ2v) is 6.00. The van der Waals surface area contributed by atoms with Crippen LogP contribution in [-0.2, 0) is 11.3 Å². The van der Waals surface area contributed by atoms with E-state index in [0.717, 1.165) is 5.56 Å². The van der Waals surface area contributed by atoms with E-state index in [0.29, 0.717) is 24.7 Å². The van der Waals surface area contributed by atoms with Crippen LogP contribution in [0.15, 0.2) is 60.9 Å². The van der Waals surface area contributed by atoms with Gasteiger partial charge >= 0.3 is 0 Å². The standard InChI is InChI=1S/C21H21FN4O3/c1-28-12-13-29-21-15(6-4-11-24-21)14-25-20(27)16-7-5-10-23-19(16)26-18-9-3-2-8-17(18)22/h2-11H,12-14H2,1H3,(H,23,26)(H,25,27). The minimum atomic E-state index is -0.433. The van der Waals surface area contributed by atoms with Gasteiger partial charge in [-0.2, -0.15) is 0 Å². The summed E-state index contributed by atoms with van der Waals surface area (Å²) in [4.78, 5) is 21.1. The van der Waals surface area contributed by atoms with Crippen LogP contribution >= 0.6 is 0 Å². The fourth-order valence-corrected chi connectivity index (χ4v) is 2.56. The number of benzene rings is 1. The van der Waals surface area contributed by atoms with Gasteiger partial charge in [-0.3, -0.25) is 4.79 Å². The van der Waals surface area contributed by atoms with Gasteiger partial charge in [0.05, 0.1) is 17.9 Å². The second kappa shape index (κ2) is 10.1. The maximum Gasteiger partial charge on any atom is 0.255 e. The minimum Gasteiger partial charge on any atom is -0.475 e. The average molecular weight is 396 g/mol. The van der Waals surface area contributed by atoms with Crippen molar-refractivity contribution in [3.05, 3.63) is 77.9 Å². The van der Waals surface area contributed by atoms with E-state index >= 15 is 0 Å². The first-order valence-electron chi connectivity index (χ1n) is 8.99. The highest BCUT2D eigenvalue weighted by atomic mass is 19.1. The van der Waals surface area contributed by atoms with Crippen molar-refractivity contribution in [2.75, 3.05) is 25.6 Å². The monoisotopic (exact) mass is 396 g/mol. The number of nitrogens with zero attached hydrogens (tertiary/aromatic N) is 2. The Morgan fingerprint density at radius 3 is 2.66 bits per heavy atom. The molecule has 0 fully saturated rings. The quantitative estimate of drug-likeness (QED) is 0.540. The zero-order valence-electron chi connectivity index (χ0n) is 15.9. The van der Waals surface area contributed by atoms with Crippen LogP contribution in [0.3, 0.4) is 0 Å². The van der Waals surface area contributed by atoms with Gasteiger partial charge in [-0.1, -0.05) is 18.2 Å². The molecule has 2 N–H and O–H groups in total. The topological polar surface area (TPSA) is 85.4 Å². The number of nitrogens with one attached hydrogen (secondary N) is 2. The lowest BCUT2D eigenvalue weighted by molar-refractivity contribution is 0.0950. The molecule has 3 rings (SSSR count). The van der Waals surface area contributed by atoms with Crippen molar-refractivity contribution >= 4 is 17.4 Å². The summed E-state index contributed by atoms with van der Waals surface area (Å²) in [5.74, 6) is -0.0973. The summed E-state index contributed by atoms with van der Waals surface area (Å²) in [5.41, 5.74) is 1.26. The van der Waals surface area contributed by atoms with Crippen molar-refractivity contribution in [2.24, 2.45) is 0 Å². The first-order valence-corrected chi connectivity index (χ1v) is 8.99. The number of carbonyl (C=O) groups excluding carboxylic acids is 1. The third-order valence-corrected chi connectivity index (χ3v) is 3.99. The molecule has 1 aromatic carbocycles. The molecular formula is C21H21FN4O3. The zero-order valence-corrected chi connectivity index (χ0v) is 15.9. The Hall–Kier alpha value is -3.52. The predicted molar refractivity (Wildman–Crippen MR) is 107 cm³/mol. The zero-order chi connectivity index (χ0) is 20.5. The third kappa shape index (κ3) is 5.49. The minimum absolute atomic E-state index is 0.211. The van der Waals surface area contributed by atoms with Gasteiger partial charge in [0.1, 0.15) is 18.2 Å². The number of anilines is 2. The number of rotatable bonds is 9. The van der Waals surface area contributed by atoms with Gasteiger partial charge in [0, 0.05) is 31.6 Å². The number of pyridine rings is 2. The van der Waals surface area contributed by atoms with E-state index in [1.165, 1.54) is 12.3 Å². The van der Waals surface area contributed by atoms with Crippen molar-refractivity contribution in [2.45, 2.75) is 6.54 Å². The number of para-hydroxylation sites is 1. The lowest BCUT2D eigenvalue weighted by Gasteiger charge is -2.13. The van der Waals surface area contributed by atoms with Crippen LogP contribution in [0.5, 0.6) is 5.88 Å². The fourth-order valence-electron chi connectivity index (χ4n) is 2.56. The summed E-state index contributed by atoms with van der Waals surface area (Å²) in [5, 5.41) is 5.69. The number of hydrogen-bond donors (Lipinski definition) is 2. The Labute approximate surface area is 167 Å². The van der Waals surface area contributed by atoms with E-state index in [2.05, 4.69) is 20.6 Å². The summed E-state index contributed by atoms with van der Waals surface area (Å²) in [6.07, 6.45) is 3.15. The molecule has 0 aliphatic rings. The van der Waals surface area contributed by atoms with Crippen molar-refractivity contribution in [1.29, 1.82) is 0 Å². The van der Waals surface area contributed by atoms with Crippen LogP contribution in [-0.4, -0.2) is 36.2 Å². The molecule has 8 heteroatoms. The molecule has 0 unspecified atom stereocenters. The maximum absolute atomic E-state index is 13.9. The molecule has 7 nitrogen and oxygen atoms in total. The first-order chi connectivity index (χ1) is 14.2. The summed E-state index contributed by atoms with van der Waals surface area (Å²) < 4.78 is 24.5. The summed E-state index contributed by atoms with van der Waals surface area (Å²) >= 11 is 0. The van der Waals surface area contributed by atoms with E-state index in [-0.39, 0.29) is 24.0 Å². The Kier molecular flexibility index (Phi) is 7.07. The van der Waals surface area contributed by atoms with Crippen LogP contribution in [0.25, 0.3) is 0 Å². The van der Waals surface area contributed by atoms with Gasteiger partial charge < -0.3 is 20.1 Å². The third-order valence-electron chi connectivity index (χ3n) is 3.99. The number of methoxy groups -OCH3 is 1. The molecule has 150 valence electrons. The smallest absolute Gasteiger partial charge is 0.255 e. The molecule has 0 aliphatic heterocycles. The van der Waals surface area contributed by atoms with Gasteiger partial charge in [0.25, 0.3) is 5.91 Å². The van der Waals surface area contributed by atoms with Crippen molar-refractivity contribution in [3.8, 4) is 5.88 Å². The summed E-state index contributed by atoms with van der Waals surface area (Å²) in [6, 6.07) is 13.0. The number of carbonyl (C=O) groups is 1. The highest BCUT2D eigenvalue weighted by molar-refractivity contribution is 5.99. The van der Waals surface area contributed by atoms with Crippen LogP contribution < -0.4 is 15.4 Å².